The summed E-state index contributed by atoms with van der Waals surface area (Å²) in [6.07, 6.45) is 1.65. The van der Waals surface area contributed by atoms with Gasteiger partial charge in [0.2, 0.25) is 0 Å². The van der Waals surface area contributed by atoms with Gasteiger partial charge in [-0.25, -0.2) is 14.4 Å². The fraction of sp³-hybridized carbons (Fsp3) is 0.190. The van der Waals surface area contributed by atoms with Crippen LogP contribution >= 0.6 is 0 Å². The van der Waals surface area contributed by atoms with E-state index in [0.29, 0.717) is 22.5 Å². The fourth-order valence-electron chi connectivity index (χ4n) is 3.42. The second-order valence-electron chi connectivity index (χ2n) is 6.75. The summed E-state index contributed by atoms with van der Waals surface area (Å²) < 4.78 is 20.4. The van der Waals surface area contributed by atoms with Crippen LogP contribution in [0.5, 0.6) is 5.75 Å². The lowest BCUT2D eigenvalue weighted by atomic mass is 10.1. The van der Waals surface area contributed by atoms with Crippen LogP contribution in [0.15, 0.2) is 42.6 Å². The fourth-order valence-corrected chi connectivity index (χ4v) is 3.42. The van der Waals surface area contributed by atoms with Crippen LogP contribution in [0.1, 0.15) is 15.9 Å². The Bertz CT molecular complexity index is 1270. The molecule has 0 aliphatic carbocycles. The first-order chi connectivity index (χ1) is 14.4. The summed E-state index contributed by atoms with van der Waals surface area (Å²) >= 11 is 0. The van der Waals surface area contributed by atoms with Crippen molar-refractivity contribution in [2.24, 2.45) is 7.05 Å². The number of hydrogen-bond acceptors (Lipinski definition) is 6. The Hall–Kier alpha value is -3.72. The molecule has 4 rings (SSSR count). The predicted octanol–water partition coefficient (Wildman–Crippen LogP) is 3.06. The summed E-state index contributed by atoms with van der Waals surface area (Å²) in [6.45, 7) is 0.116. The zero-order valence-corrected chi connectivity index (χ0v) is 16.7. The van der Waals surface area contributed by atoms with E-state index in [9.17, 15) is 9.18 Å². The van der Waals surface area contributed by atoms with E-state index in [0.717, 1.165) is 16.3 Å². The first kappa shape index (κ1) is 19.6. The van der Waals surface area contributed by atoms with Gasteiger partial charge in [0.1, 0.15) is 5.82 Å². The van der Waals surface area contributed by atoms with Crippen LogP contribution in [0.3, 0.4) is 0 Å². The number of methoxy groups -OCH3 is 1. The number of carbonyl (C=O) groups is 1. The number of rotatable bonds is 5. The number of anilines is 1. The molecule has 2 aromatic carbocycles. The molecule has 0 aliphatic heterocycles. The van der Waals surface area contributed by atoms with Crippen molar-refractivity contribution >= 4 is 33.5 Å². The van der Waals surface area contributed by atoms with Gasteiger partial charge in [-0.15, -0.1) is 0 Å². The molecule has 2 aromatic heterocycles. The number of amides is 1. The maximum atomic E-state index is 13.7. The number of aromatic nitrogens is 3. The Morgan fingerprint density at radius 3 is 2.73 bits per heavy atom. The molecule has 0 spiro atoms. The van der Waals surface area contributed by atoms with E-state index in [1.54, 1.807) is 42.2 Å². The minimum absolute atomic E-state index is 0.101. The van der Waals surface area contributed by atoms with E-state index < -0.39 is 5.82 Å². The molecule has 0 atom stereocenters. The van der Waals surface area contributed by atoms with Gasteiger partial charge in [0, 0.05) is 18.0 Å². The van der Waals surface area contributed by atoms with E-state index in [2.05, 4.69) is 10.1 Å². The molecule has 2 heterocycles. The Morgan fingerprint density at radius 1 is 1.20 bits per heavy atom. The Labute approximate surface area is 171 Å². The van der Waals surface area contributed by atoms with E-state index in [4.69, 9.17) is 15.3 Å². The lowest BCUT2D eigenvalue weighted by Gasteiger charge is -2.20. The van der Waals surface area contributed by atoms with Gasteiger partial charge in [-0.1, -0.05) is 6.07 Å². The SMILES string of the molecule is COc1cc(CN(OC)C(=O)c2ccc3nc(N)c4cnn(C)c4c3c2)ccc1F. The van der Waals surface area contributed by atoms with Gasteiger partial charge in [-0.3, -0.25) is 14.3 Å². The molecule has 30 heavy (non-hydrogen) atoms. The molecule has 4 aromatic rings. The van der Waals surface area contributed by atoms with Gasteiger partial charge in [0.25, 0.3) is 5.91 Å². The second-order valence-corrected chi connectivity index (χ2v) is 6.75. The minimum Gasteiger partial charge on any atom is -0.494 e. The largest absolute Gasteiger partial charge is 0.494 e. The topological polar surface area (TPSA) is 95.5 Å². The quantitative estimate of drug-likeness (QED) is 0.509. The molecule has 0 aliphatic rings. The summed E-state index contributed by atoms with van der Waals surface area (Å²) in [6, 6.07) is 9.53. The lowest BCUT2D eigenvalue weighted by Crippen LogP contribution is -2.29. The summed E-state index contributed by atoms with van der Waals surface area (Å²) in [5.74, 6) is -0.342. The Kier molecular flexibility index (Phi) is 4.96. The molecule has 8 nitrogen and oxygen atoms in total. The van der Waals surface area contributed by atoms with Gasteiger partial charge >= 0.3 is 0 Å². The first-order valence-electron chi connectivity index (χ1n) is 9.12. The number of nitrogens with zero attached hydrogens (tertiary/aromatic N) is 4. The Morgan fingerprint density at radius 2 is 2.00 bits per heavy atom. The number of pyridine rings is 1. The number of nitrogen functional groups attached to an aromatic ring is 1. The highest BCUT2D eigenvalue weighted by molar-refractivity contribution is 6.10. The van der Waals surface area contributed by atoms with Crippen LogP contribution in [0.4, 0.5) is 10.2 Å². The van der Waals surface area contributed by atoms with Crippen molar-refractivity contribution in [1.29, 1.82) is 0 Å². The van der Waals surface area contributed by atoms with Crippen molar-refractivity contribution < 1.29 is 18.8 Å². The third kappa shape index (κ3) is 3.29. The van der Waals surface area contributed by atoms with Crippen LogP contribution in [0.25, 0.3) is 21.8 Å². The molecule has 0 bridgehead atoms. The Balaban J connectivity index is 1.71. The summed E-state index contributed by atoms with van der Waals surface area (Å²) in [5, 5.41) is 6.91. The third-order valence-corrected chi connectivity index (χ3v) is 4.94. The van der Waals surface area contributed by atoms with E-state index >= 15 is 0 Å². The minimum atomic E-state index is -0.474. The van der Waals surface area contributed by atoms with E-state index in [1.165, 1.54) is 31.4 Å². The number of hydrogen-bond donors (Lipinski definition) is 1. The zero-order valence-electron chi connectivity index (χ0n) is 16.7. The molecular formula is C21H20FN5O3. The molecule has 9 heteroatoms. The molecule has 0 fully saturated rings. The summed E-state index contributed by atoms with van der Waals surface area (Å²) in [4.78, 5) is 22.8. The lowest BCUT2D eigenvalue weighted by molar-refractivity contribution is -0.102. The molecular weight excluding hydrogens is 389 g/mol. The van der Waals surface area contributed by atoms with Gasteiger partial charge < -0.3 is 10.5 Å². The van der Waals surface area contributed by atoms with Crippen LogP contribution in [-0.4, -0.2) is 40.0 Å². The number of benzene rings is 2. The molecule has 0 unspecified atom stereocenters. The standard InChI is InChI=1S/C21H20FN5O3/c1-26-19-14-9-13(5-7-17(14)25-20(23)15(19)10-24-26)21(28)27(30-3)11-12-4-6-16(22)18(8-12)29-2/h4-10H,11H2,1-3H3,(H2,23,25). The van der Waals surface area contributed by atoms with Crippen molar-refractivity contribution in [3.8, 4) is 5.75 Å². The first-order valence-corrected chi connectivity index (χ1v) is 9.12. The van der Waals surface area contributed by atoms with E-state index in [1.807, 2.05) is 0 Å². The number of hydroxylamine groups is 2. The number of halogens is 1. The average molecular weight is 409 g/mol. The molecule has 0 saturated heterocycles. The number of carbonyl (C=O) groups excluding carboxylic acids is 1. The molecule has 0 saturated carbocycles. The number of nitrogens with two attached hydrogens (primary N) is 1. The number of aryl methyl sites for hydroxylation is 1. The van der Waals surface area contributed by atoms with Crippen molar-refractivity contribution in [2.75, 3.05) is 20.0 Å². The third-order valence-electron chi connectivity index (χ3n) is 4.94. The van der Waals surface area contributed by atoms with Crippen molar-refractivity contribution in [3.05, 3.63) is 59.5 Å². The van der Waals surface area contributed by atoms with Crippen LogP contribution in [-0.2, 0) is 18.4 Å². The molecule has 2 N–H and O–H groups in total. The van der Waals surface area contributed by atoms with Crippen LogP contribution in [0, 0.1) is 5.82 Å². The smallest absolute Gasteiger partial charge is 0.277 e. The highest BCUT2D eigenvalue weighted by atomic mass is 19.1. The highest BCUT2D eigenvalue weighted by Crippen LogP contribution is 2.28. The summed E-state index contributed by atoms with van der Waals surface area (Å²) in [5.41, 5.74) is 8.55. The number of ether oxygens (including phenoxy) is 1. The molecule has 1 amide bonds. The monoisotopic (exact) mass is 409 g/mol. The maximum Gasteiger partial charge on any atom is 0.277 e. The van der Waals surface area contributed by atoms with Gasteiger partial charge in [-0.05, 0) is 35.9 Å². The average Bonchev–Trinajstić information content (AvgIpc) is 3.15. The zero-order chi connectivity index (χ0) is 21.4. The van der Waals surface area contributed by atoms with E-state index in [-0.39, 0.29) is 18.2 Å². The van der Waals surface area contributed by atoms with Gasteiger partial charge in [0.05, 0.1) is 43.4 Å². The number of fused-ring (bicyclic) bond motifs is 3. The molecule has 154 valence electrons. The van der Waals surface area contributed by atoms with Crippen molar-refractivity contribution in [1.82, 2.24) is 19.8 Å². The predicted molar refractivity (Wildman–Crippen MR) is 110 cm³/mol. The van der Waals surface area contributed by atoms with Gasteiger partial charge in [0.15, 0.2) is 11.6 Å². The van der Waals surface area contributed by atoms with Crippen molar-refractivity contribution in [3.63, 3.8) is 0 Å². The molecule has 0 radical (unpaired) electrons. The highest BCUT2D eigenvalue weighted by Gasteiger charge is 2.19. The second kappa shape index (κ2) is 7.60. The van der Waals surface area contributed by atoms with Crippen LogP contribution in [0.2, 0.25) is 0 Å². The van der Waals surface area contributed by atoms with Crippen LogP contribution < -0.4 is 10.5 Å². The maximum absolute atomic E-state index is 13.7. The van der Waals surface area contributed by atoms with Crippen molar-refractivity contribution in [2.45, 2.75) is 6.54 Å². The normalized spacial score (nSPS) is 11.2. The van der Waals surface area contributed by atoms with Gasteiger partial charge in [-0.2, -0.15) is 5.10 Å². The summed E-state index contributed by atoms with van der Waals surface area (Å²) in [7, 11) is 4.59.